The molecule has 14 heavy (non-hydrogen) atoms. The van der Waals surface area contributed by atoms with Gasteiger partial charge in [0.2, 0.25) is 5.91 Å². The fourth-order valence-electron chi connectivity index (χ4n) is 1.37. The Balaban J connectivity index is 2.32. The zero-order valence-corrected chi connectivity index (χ0v) is 7.38. The van der Waals surface area contributed by atoms with Gasteiger partial charge in [0.1, 0.15) is 6.04 Å². The first-order valence-electron chi connectivity index (χ1n) is 4.21. The van der Waals surface area contributed by atoms with Gasteiger partial charge in [-0.25, -0.2) is 4.79 Å². The molecule has 1 aliphatic heterocycles. The number of β-lactam (4-membered cyclic amide) rings is 1. The lowest BCUT2D eigenvalue weighted by Crippen LogP contribution is -2.61. The SMILES string of the molecule is [N-]=[N+]=NCCC[C@H]1C(=O)NC1C(=O)O. The second-order valence-electron chi connectivity index (χ2n) is 3.03. The molecular formula is C7H10N4O3. The van der Waals surface area contributed by atoms with Crippen LogP contribution in [0.1, 0.15) is 12.8 Å². The van der Waals surface area contributed by atoms with Crippen LogP contribution < -0.4 is 5.32 Å². The number of carbonyl (C=O) groups excluding carboxylic acids is 1. The maximum Gasteiger partial charge on any atom is 0.327 e. The molecule has 1 saturated heterocycles. The Morgan fingerprint density at radius 2 is 2.43 bits per heavy atom. The first kappa shape index (κ1) is 10.3. The van der Waals surface area contributed by atoms with Gasteiger partial charge in [-0.2, -0.15) is 0 Å². The summed E-state index contributed by atoms with van der Waals surface area (Å²) in [4.78, 5) is 24.0. The third-order valence-electron chi connectivity index (χ3n) is 2.14. The highest BCUT2D eigenvalue weighted by Gasteiger charge is 2.43. The van der Waals surface area contributed by atoms with Gasteiger partial charge in [0.05, 0.1) is 5.92 Å². The first-order valence-corrected chi connectivity index (χ1v) is 4.21. The summed E-state index contributed by atoms with van der Waals surface area (Å²) in [6.45, 7) is 0.298. The number of azide groups is 1. The molecule has 1 heterocycles. The number of carbonyl (C=O) groups is 2. The number of aliphatic carboxylic acids is 1. The van der Waals surface area contributed by atoms with Crippen molar-refractivity contribution in [1.29, 1.82) is 0 Å². The van der Waals surface area contributed by atoms with Gasteiger partial charge in [-0.3, -0.25) is 4.79 Å². The normalized spacial score (nSPS) is 24.4. The quantitative estimate of drug-likeness (QED) is 0.217. The van der Waals surface area contributed by atoms with E-state index in [2.05, 4.69) is 15.3 Å². The lowest BCUT2D eigenvalue weighted by Gasteiger charge is -2.33. The lowest BCUT2D eigenvalue weighted by atomic mass is 9.86. The van der Waals surface area contributed by atoms with E-state index in [0.717, 1.165) is 0 Å². The highest BCUT2D eigenvalue weighted by Crippen LogP contribution is 2.20. The van der Waals surface area contributed by atoms with Gasteiger partial charge in [0, 0.05) is 11.5 Å². The number of rotatable bonds is 5. The number of hydrogen-bond acceptors (Lipinski definition) is 3. The molecule has 1 aliphatic rings. The molecule has 0 aliphatic carbocycles. The third-order valence-corrected chi connectivity index (χ3v) is 2.14. The summed E-state index contributed by atoms with van der Waals surface area (Å²) in [6, 6.07) is -0.770. The monoisotopic (exact) mass is 198 g/mol. The molecule has 0 bridgehead atoms. The van der Waals surface area contributed by atoms with Gasteiger partial charge in [0.15, 0.2) is 0 Å². The van der Waals surface area contributed by atoms with Crippen molar-refractivity contribution in [2.75, 3.05) is 6.54 Å². The largest absolute Gasteiger partial charge is 0.480 e. The second-order valence-corrected chi connectivity index (χ2v) is 3.03. The van der Waals surface area contributed by atoms with E-state index in [1.54, 1.807) is 0 Å². The van der Waals surface area contributed by atoms with Crippen LogP contribution >= 0.6 is 0 Å². The van der Waals surface area contributed by atoms with Gasteiger partial charge in [-0.05, 0) is 18.4 Å². The maximum absolute atomic E-state index is 10.9. The molecule has 1 rings (SSSR count). The molecule has 0 aromatic rings. The van der Waals surface area contributed by atoms with Crippen molar-refractivity contribution < 1.29 is 14.7 Å². The van der Waals surface area contributed by atoms with Crippen LogP contribution in [0.3, 0.4) is 0 Å². The minimum atomic E-state index is -1.02. The molecule has 76 valence electrons. The number of nitrogens with zero attached hydrogens (tertiary/aromatic N) is 3. The summed E-state index contributed by atoms with van der Waals surface area (Å²) in [5.41, 5.74) is 7.98. The summed E-state index contributed by atoms with van der Waals surface area (Å²) in [5, 5.41) is 14.2. The summed E-state index contributed by atoms with van der Waals surface area (Å²) in [6.07, 6.45) is 0.980. The van der Waals surface area contributed by atoms with Gasteiger partial charge in [0.25, 0.3) is 0 Å². The molecule has 1 fully saturated rings. The van der Waals surface area contributed by atoms with Crippen LogP contribution in [0.5, 0.6) is 0 Å². The Hall–Kier alpha value is -1.75. The van der Waals surface area contributed by atoms with Crippen molar-refractivity contribution in [3.63, 3.8) is 0 Å². The maximum atomic E-state index is 10.9. The third kappa shape index (κ3) is 2.14. The Labute approximate surface area is 79.7 Å². The van der Waals surface area contributed by atoms with E-state index in [4.69, 9.17) is 10.6 Å². The van der Waals surface area contributed by atoms with Gasteiger partial charge in [-0.1, -0.05) is 5.11 Å². The molecule has 0 radical (unpaired) electrons. The molecule has 0 aromatic carbocycles. The Bertz CT molecular complexity index is 297. The van der Waals surface area contributed by atoms with E-state index in [0.29, 0.717) is 19.4 Å². The van der Waals surface area contributed by atoms with Crippen molar-refractivity contribution in [3.05, 3.63) is 10.4 Å². The summed E-state index contributed by atoms with van der Waals surface area (Å²) < 4.78 is 0. The lowest BCUT2D eigenvalue weighted by molar-refractivity contribution is -0.153. The van der Waals surface area contributed by atoms with Crippen molar-refractivity contribution in [1.82, 2.24) is 5.32 Å². The Kier molecular flexibility index (Phi) is 3.30. The van der Waals surface area contributed by atoms with Crippen molar-refractivity contribution in [3.8, 4) is 0 Å². The van der Waals surface area contributed by atoms with Crippen molar-refractivity contribution >= 4 is 11.9 Å². The predicted molar refractivity (Wildman–Crippen MR) is 46.3 cm³/mol. The number of carboxylic acids is 1. The molecule has 1 amide bonds. The minimum absolute atomic E-state index is 0.238. The topological polar surface area (TPSA) is 115 Å². The summed E-state index contributed by atoms with van der Waals surface area (Å²) in [5.74, 6) is -1.72. The summed E-state index contributed by atoms with van der Waals surface area (Å²) >= 11 is 0. The number of carboxylic acid groups (broad SMARTS) is 1. The molecule has 0 aromatic heterocycles. The van der Waals surface area contributed by atoms with E-state index in [1.807, 2.05) is 0 Å². The molecule has 7 heteroatoms. The average molecular weight is 198 g/mol. The van der Waals surface area contributed by atoms with E-state index < -0.39 is 17.9 Å². The van der Waals surface area contributed by atoms with Crippen molar-refractivity contribution in [2.45, 2.75) is 18.9 Å². The smallest absolute Gasteiger partial charge is 0.327 e. The fraction of sp³-hybridized carbons (Fsp3) is 0.714. The highest BCUT2D eigenvalue weighted by molar-refractivity contribution is 5.96. The molecule has 0 spiro atoms. The van der Waals surface area contributed by atoms with Gasteiger partial charge >= 0.3 is 5.97 Å². The zero-order valence-electron chi connectivity index (χ0n) is 7.38. The van der Waals surface area contributed by atoms with Crippen LogP contribution in [0.15, 0.2) is 5.11 Å². The molecule has 1 unspecified atom stereocenters. The number of nitrogens with one attached hydrogen (secondary N) is 1. The molecule has 0 saturated carbocycles. The Morgan fingerprint density at radius 1 is 1.71 bits per heavy atom. The highest BCUT2D eigenvalue weighted by atomic mass is 16.4. The predicted octanol–water partition coefficient (Wildman–Crippen LogP) is 0.276. The molecule has 2 atom stereocenters. The van der Waals surface area contributed by atoms with Crippen LogP contribution in [0.2, 0.25) is 0 Å². The van der Waals surface area contributed by atoms with Gasteiger partial charge < -0.3 is 10.4 Å². The van der Waals surface area contributed by atoms with Crippen molar-refractivity contribution in [2.24, 2.45) is 11.0 Å². The van der Waals surface area contributed by atoms with E-state index in [-0.39, 0.29) is 5.91 Å². The second kappa shape index (κ2) is 4.48. The minimum Gasteiger partial charge on any atom is -0.480 e. The average Bonchev–Trinajstić information content (AvgIpc) is 2.13. The zero-order chi connectivity index (χ0) is 10.6. The van der Waals surface area contributed by atoms with Crippen LogP contribution in [0, 0.1) is 5.92 Å². The molecule has 2 N–H and O–H groups in total. The van der Waals surface area contributed by atoms with E-state index >= 15 is 0 Å². The van der Waals surface area contributed by atoms with Crippen LogP contribution in [-0.2, 0) is 9.59 Å². The van der Waals surface area contributed by atoms with Crippen LogP contribution in [0.4, 0.5) is 0 Å². The number of hydrogen-bond donors (Lipinski definition) is 2. The first-order chi connectivity index (χ1) is 6.66. The Morgan fingerprint density at radius 3 is 2.93 bits per heavy atom. The summed E-state index contributed by atoms with van der Waals surface area (Å²) in [7, 11) is 0. The molecule has 7 nitrogen and oxygen atoms in total. The molecular weight excluding hydrogens is 188 g/mol. The van der Waals surface area contributed by atoms with Gasteiger partial charge in [-0.15, -0.1) is 0 Å². The van der Waals surface area contributed by atoms with Crippen LogP contribution in [-0.4, -0.2) is 29.6 Å². The standard InChI is InChI=1S/C7H10N4O3/c8-11-9-3-1-2-4-5(7(13)14)10-6(4)12/h4-5H,1-3H2,(H,10,12)(H,13,14)/t4-,5?/m1/s1. The fourth-order valence-corrected chi connectivity index (χ4v) is 1.37. The van der Waals surface area contributed by atoms with E-state index in [9.17, 15) is 9.59 Å². The number of amides is 1. The van der Waals surface area contributed by atoms with E-state index in [1.165, 1.54) is 0 Å². The van der Waals surface area contributed by atoms with Crippen LogP contribution in [0.25, 0.3) is 10.4 Å².